The van der Waals surface area contributed by atoms with Crippen molar-refractivity contribution in [3.8, 4) is 0 Å². The summed E-state index contributed by atoms with van der Waals surface area (Å²) in [6, 6.07) is 0. The molecule has 110 valence electrons. The molecule has 0 aromatic rings. The van der Waals surface area contributed by atoms with Gasteiger partial charge in [-0.2, -0.15) is 0 Å². The Balaban J connectivity index is 1.74. The highest BCUT2D eigenvalue weighted by Crippen LogP contribution is 2.29. The number of piperazine rings is 1. The summed E-state index contributed by atoms with van der Waals surface area (Å²) in [4.78, 5) is 15.8. The molecule has 6 nitrogen and oxygen atoms in total. The number of likely N-dealkylation sites (tertiary alicyclic amines) is 1. The van der Waals surface area contributed by atoms with Crippen LogP contribution in [0.5, 0.6) is 0 Å². The average Bonchev–Trinajstić information content (AvgIpc) is 2.73. The standard InChI is InChI=1S/C13H26N4O2/c1-13(12(14)19)2-5-17(10-13)9-11(18)8-16-6-3-15-4-7-16/h11,15,18H,2-10H2,1H3,(H2,14,19). The Kier molecular flexibility index (Phi) is 4.78. The zero-order valence-corrected chi connectivity index (χ0v) is 11.8. The van der Waals surface area contributed by atoms with Gasteiger partial charge >= 0.3 is 0 Å². The van der Waals surface area contributed by atoms with Crippen molar-refractivity contribution in [3.05, 3.63) is 0 Å². The maximum Gasteiger partial charge on any atom is 0.224 e. The lowest BCUT2D eigenvalue weighted by Crippen LogP contribution is -2.48. The second-order valence-electron chi connectivity index (χ2n) is 6.11. The van der Waals surface area contributed by atoms with Gasteiger partial charge in [0.05, 0.1) is 11.5 Å². The van der Waals surface area contributed by atoms with Crippen LogP contribution >= 0.6 is 0 Å². The molecule has 2 rings (SSSR count). The van der Waals surface area contributed by atoms with Gasteiger partial charge in [-0.15, -0.1) is 0 Å². The summed E-state index contributed by atoms with van der Waals surface area (Å²) in [6.45, 7) is 8.76. The first-order valence-electron chi connectivity index (χ1n) is 7.13. The molecule has 2 aliphatic rings. The van der Waals surface area contributed by atoms with Gasteiger partial charge in [-0.3, -0.25) is 14.6 Å². The Bertz CT molecular complexity index is 320. The third-order valence-electron chi connectivity index (χ3n) is 4.29. The Morgan fingerprint density at radius 1 is 1.32 bits per heavy atom. The van der Waals surface area contributed by atoms with Crippen LogP contribution in [0.25, 0.3) is 0 Å². The van der Waals surface area contributed by atoms with E-state index in [0.29, 0.717) is 19.6 Å². The van der Waals surface area contributed by atoms with E-state index in [4.69, 9.17) is 5.73 Å². The fourth-order valence-electron chi connectivity index (χ4n) is 2.96. The molecule has 0 spiro atoms. The summed E-state index contributed by atoms with van der Waals surface area (Å²) in [7, 11) is 0. The topological polar surface area (TPSA) is 81.8 Å². The van der Waals surface area contributed by atoms with Gasteiger partial charge in [-0.05, 0) is 19.9 Å². The van der Waals surface area contributed by atoms with Crippen molar-refractivity contribution in [2.45, 2.75) is 19.4 Å². The number of rotatable bonds is 5. The first-order valence-corrected chi connectivity index (χ1v) is 7.13. The van der Waals surface area contributed by atoms with Gasteiger partial charge in [-0.1, -0.05) is 0 Å². The van der Waals surface area contributed by atoms with Crippen molar-refractivity contribution in [1.29, 1.82) is 0 Å². The van der Waals surface area contributed by atoms with E-state index in [1.165, 1.54) is 0 Å². The fraction of sp³-hybridized carbons (Fsp3) is 0.923. The number of amides is 1. The molecule has 1 amide bonds. The quantitative estimate of drug-likeness (QED) is 0.563. The van der Waals surface area contributed by atoms with Crippen LogP contribution < -0.4 is 11.1 Å². The van der Waals surface area contributed by atoms with Gasteiger partial charge in [0, 0.05) is 45.8 Å². The van der Waals surface area contributed by atoms with Gasteiger partial charge in [-0.25, -0.2) is 0 Å². The second kappa shape index (κ2) is 6.17. The van der Waals surface area contributed by atoms with E-state index in [-0.39, 0.29) is 12.0 Å². The van der Waals surface area contributed by atoms with E-state index in [9.17, 15) is 9.90 Å². The minimum absolute atomic E-state index is 0.230. The number of aliphatic hydroxyl groups is 1. The summed E-state index contributed by atoms with van der Waals surface area (Å²) >= 11 is 0. The van der Waals surface area contributed by atoms with Crippen molar-refractivity contribution in [1.82, 2.24) is 15.1 Å². The fourth-order valence-corrected chi connectivity index (χ4v) is 2.96. The monoisotopic (exact) mass is 270 g/mol. The molecule has 2 aliphatic heterocycles. The van der Waals surface area contributed by atoms with Gasteiger partial charge in [0.1, 0.15) is 0 Å². The first-order chi connectivity index (χ1) is 8.99. The maximum atomic E-state index is 11.4. The highest BCUT2D eigenvalue weighted by Gasteiger charge is 2.39. The molecule has 2 atom stereocenters. The molecule has 4 N–H and O–H groups in total. The maximum absolute atomic E-state index is 11.4. The number of aliphatic hydroxyl groups excluding tert-OH is 1. The Hall–Kier alpha value is -0.690. The Morgan fingerprint density at radius 2 is 1.95 bits per heavy atom. The van der Waals surface area contributed by atoms with Gasteiger partial charge in [0.15, 0.2) is 0 Å². The minimum Gasteiger partial charge on any atom is -0.390 e. The number of carbonyl (C=O) groups excluding carboxylic acids is 1. The van der Waals surface area contributed by atoms with Crippen molar-refractivity contribution in [3.63, 3.8) is 0 Å². The molecule has 0 radical (unpaired) electrons. The highest BCUT2D eigenvalue weighted by atomic mass is 16.3. The lowest BCUT2D eigenvalue weighted by atomic mass is 9.89. The number of nitrogens with zero attached hydrogens (tertiary/aromatic N) is 2. The molecule has 0 aromatic carbocycles. The zero-order valence-electron chi connectivity index (χ0n) is 11.8. The molecular formula is C13H26N4O2. The summed E-state index contributed by atoms with van der Waals surface area (Å²) in [5, 5.41) is 13.4. The molecule has 2 fully saturated rings. The summed E-state index contributed by atoms with van der Waals surface area (Å²) in [5.41, 5.74) is 5.01. The van der Waals surface area contributed by atoms with E-state index >= 15 is 0 Å². The first kappa shape index (κ1) is 14.7. The molecule has 6 heteroatoms. The van der Waals surface area contributed by atoms with Gasteiger partial charge in [0.2, 0.25) is 5.91 Å². The molecule has 19 heavy (non-hydrogen) atoms. The third kappa shape index (κ3) is 3.89. The van der Waals surface area contributed by atoms with E-state index < -0.39 is 5.41 Å². The number of nitrogens with one attached hydrogen (secondary N) is 1. The predicted molar refractivity (Wildman–Crippen MR) is 73.7 cm³/mol. The molecule has 0 aromatic heterocycles. The van der Waals surface area contributed by atoms with Crippen LogP contribution in [0.3, 0.4) is 0 Å². The average molecular weight is 270 g/mol. The van der Waals surface area contributed by atoms with Crippen molar-refractivity contribution in [2.75, 3.05) is 52.4 Å². The SMILES string of the molecule is CC1(C(N)=O)CCN(CC(O)CN2CCNCC2)C1. The van der Waals surface area contributed by atoms with E-state index in [1.54, 1.807) is 0 Å². The normalized spacial score (nSPS) is 31.5. The summed E-state index contributed by atoms with van der Waals surface area (Å²) < 4.78 is 0. The Morgan fingerprint density at radius 3 is 2.53 bits per heavy atom. The molecule has 0 bridgehead atoms. The number of β-amino-alcohol motifs (C(OH)–C–C–N with tert-alkyl or cyclic N) is 1. The second-order valence-corrected chi connectivity index (χ2v) is 6.11. The van der Waals surface area contributed by atoms with Crippen LogP contribution in [0.4, 0.5) is 0 Å². The number of hydrogen-bond donors (Lipinski definition) is 3. The molecule has 2 heterocycles. The van der Waals surface area contributed by atoms with Gasteiger partial charge < -0.3 is 16.2 Å². The lowest BCUT2D eigenvalue weighted by Gasteiger charge is -2.30. The number of hydrogen-bond acceptors (Lipinski definition) is 5. The smallest absolute Gasteiger partial charge is 0.224 e. The van der Waals surface area contributed by atoms with Crippen molar-refractivity contribution < 1.29 is 9.90 Å². The van der Waals surface area contributed by atoms with Crippen LogP contribution in [0.15, 0.2) is 0 Å². The summed E-state index contributed by atoms with van der Waals surface area (Å²) in [5.74, 6) is -0.230. The summed E-state index contributed by atoms with van der Waals surface area (Å²) in [6.07, 6.45) is 0.441. The van der Waals surface area contributed by atoms with E-state index in [2.05, 4.69) is 15.1 Å². The van der Waals surface area contributed by atoms with Crippen molar-refractivity contribution in [2.24, 2.45) is 11.1 Å². The molecule has 2 saturated heterocycles. The van der Waals surface area contributed by atoms with Crippen LogP contribution in [-0.4, -0.2) is 79.3 Å². The molecule has 0 saturated carbocycles. The van der Waals surface area contributed by atoms with Crippen molar-refractivity contribution >= 4 is 5.91 Å². The molecular weight excluding hydrogens is 244 g/mol. The highest BCUT2D eigenvalue weighted by molar-refractivity contribution is 5.81. The number of nitrogens with two attached hydrogens (primary N) is 1. The van der Waals surface area contributed by atoms with Crippen LogP contribution in [0.2, 0.25) is 0 Å². The van der Waals surface area contributed by atoms with Crippen LogP contribution in [-0.2, 0) is 4.79 Å². The zero-order chi connectivity index (χ0) is 13.9. The van der Waals surface area contributed by atoms with Crippen LogP contribution in [0.1, 0.15) is 13.3 Å². The largest absolute Gasteiger partial charge is 0.390 e. The van der Waals surface area contributed by atoms with Gasteiger partial charge in [0.25, 0.3) is 0 Å². The minimum atomic E-state index is -0.422. The number of primary amides is 1. The van der Waals surface area contributed by atoms with E-state index in [1.807, 2.05) is 6.92 Å². The predicted octanol–water partition coefficient (Wildman–Crippen LogP) is -1.55. The van der Waals surface area contributed by atoms with E-state index in [0.717, 1.165) is 39.1 Å². The lowest BCUT2D eigenvalue weighted by molar-refractivity contribution is -0.126. The Labute approximate surface area is 114 Å². The number of carbonyl (C=O) groups is 1. The molecule has 0 aliphatic carbocycles. The van der Waals surface area contributed by atoms with Crippen LogP contribution in [0, 0.1) is 5.41 Å². The molecule has 2 unspecified atom stereocenters. The third-order valence-corrected chi connectivity index (χ3v) is 4.29.